The number of Topliss-reactive ketones (excluding diaryl/α,β-unsaturated/α-hetero) is 3. The van der Waals surface area contributed by atoms with Gasteiger partial charge in [-0.2, -0.15) is 0 Å². The summed E-state index contributed by atoms with van der Waals surface area (Å²) in [7, 11) is 4.49. The molecule has 3 aromatic rings. The normalized spacial score (nSPS) is 22.0. The summed E-state index contributed by atoms with van der Waals surface area (Å²) in [5.41, 5.74) is 1.13. The van der Waals surface area contributed by atoms with E-state index in [1.54, 1.807) is 42.5 Å². The van der Waals surface area contributed by atoms with Gasteiger partial charge in [-0.25, -0.2) is 0 Å². The molecule has 0 aromatic heterocycles. The van der Waals surface area contributed by atoms with Gasteiger partial charge in [0.25, 0.3) is 0 Å². The number of carbonyl (C=O) groups excluding carboxylic acids is 3. The Morgan fingerprint density at radius 3 is 2.15 bits per heavy atom. The smallest absolute Gasteiger partial charge is 0.203 e. The van der Waals surface area contributed by atoms with Crippen molar-refractivity contribution in [3.63, 3.8) is 0 Å². The summed E-state index contributed by atoms with van der Waals surface area (Å²) in [5.74, 6) is -0.659. The van der Waals surface area contributed by atoms with E-state index >= 15 is 0 Å². The van der Waals surface area contributed by atoms with Crippen molar-refractivity contribution in [2.75, 3.05) is 26.2 Å². The molecule has 1 saturated heterocycles. The third kappa shape index (κ3) is 3.20. The minimum absolute atomic E-state index is 0.188. The van der Waals surface area contributed by atoms with Gasteiger partial charge in [0, 0.05) is 33.3 Å². The third-order valence-electron chi connectivity index (χ3n) is 8.25. The number of halogens is 1. The first-order chi connectivity index (χ1) is 18.8. The van der Waals surface area contributed by atoms with Crippen molar-refractivity contribution in [1.29, 1.82) is 0 Å². The Morgan fingerprint density at radius 2 is 1.56 bits per heavy atom. The highest BCUT2D eigenvalue weighted by Crippen LogP contribution is 2.62. The molecular formula is C31H26ClNO6. The van der Waals surface area contributed by atoms with Gasteiger partial charge in [0.15, 0.2) is 28.8 Å². The molecule has 0 radical (unpaired) electrons. The van der Waals surface area contributed by atoms with Crippen LogP contribution in [0, 0.1) is 5.41 Å². The van der Waals surface area contributed by atoms with E-state index in [0.717, 1.165) is 11.3 Å². The van der Waals surface area contributed by atoms with Crippen LogP contribution < -0.4 is 19.1 Å². The number of anilines is 1. The van der Waals surface area contributed by atoms with Crippen LogP contribution in [0.2, 0.25) is 5.02 Å². The average Bonchev–Trinajstić information content (AvgIpc) is 3.38. The lowest BCUT2D eigenvalue weighted by Gasteiger charge is -2.37. The van der Waals surface area contributed by atoms with Crippen LogP contribution in [0.4, 0.5) is 5.69 Å². The fraction of sp³-hybridized carbons (Fsp3) is 0.258. The van der Waals surface area contributed by atoms with Gasteiger partial charge in [0.1, 0.15) is 5.41 Å². The molecule has 2 heterocycles. The Hall–Kier alpha value is -4.10. The lowest BCUT2D eigenvalue weighted by atomic mass is 9.64. The number of fused-ring (bicyclic) bond motifs is 5. The zero-order valence-electron chi connectivity index (χ0n) is 21.9. The summed E-state index contributed by atoms with van der Waals surface area (Å²) in [6, 6.07) is 14.1. The van der Waals surface area contributed by atoms with Crippen LogP contribution in [0.15, 0.2) is 60.7 Å². The standard InChI is InChI=1S/C31H26ClNO6/c1-16(34)26-25(21-11-13-23(37-2)28(39-4)27(21)38-3)31(29(35)19-7-5-6-8-20(19)30(31)36)24-14-9-17-15-18(32)10-12-22(17)33(24)26/h5-15,24-26H,1-4H3. The molecule has 0 saturated carbocycles. The Bertz CT molecular complexity index is 1560. The molecule has 2 aliphatic heterocycles. The third-order valence-corrected chi connectivity index (χ3v) is 8.49. The van der Waals surface area contributed by atoms with E-state index in [-0.39, 0.29) is 17.3 Å². The van der Waals surface area contributed by atoms with E-state index in [4.69, 9.17) is 25.8 Å². The number of nitrogens with zero attached hydrogens (tertiary/aromatic N) is 1. The predicted octanol–water partition coefficient (Wildman–Crippen LogP) is 5.39. The topological polar surface area (TPSA) is 82.1 Å². The molecule has 1 aliphatic carbocycles. The van der Waals surface area contributed by atoms with Crippen LogP contribution in [-0.4, -0.2) is 50.8 Å². The number of ketones is 3. The van der Waals surface area contributed by atoms with Crippen LogP contribution in [0.25, 0.3) is 6.08 Å². The quantitative estimate of drug-likeness (QED) is 0.399. The monoisotopic (exact) mass is 543 g/mol. The van der Waals surface area contributed by atoms with Crippen LogP contribution in [-0.2, 0) is 4.79 Å². The summed E-state index contributed by atoms with van der Waals surface area (Å²) in [6.45, 7) is 1.49. The second-order valence-electron chi connectivity index (χ2n) is 9.94. The summed E-state index contributed by atoms with van der Waals surface area (Å²) >= 11 is 6.30. The van der Waals surface area contributed by atoms with Crippen molar-refractivity contribution >= 4 is 40.7 Å². The van der Waals surface area contributed by atoms with Crippen molar-refractivity contribution in [2.24, 2.45) is 5.41 Å². The van der Waals surface area contributed by atoms with Gasteiger partial charge in [-0.15, -0.1) is 0 Å². The maximum absolute atomic E-state index is 14.6. The van der Waals surface area contributed by atoms with E-state index < -0.39 is 23.4 Å². The van der Waals surface area contributed by atoms with Crippen LogP contribution in [0.1, 0.15) is 44.7 Å². The second kappa shape index (κ2) is 8.99. The van der Waals surface area contributed by atoms with Crippen molar-refractivity contribution in [3.05, 3.63) is 87.9 Å². The van der Waals surface area contributed by atoms with Crippen molar-refractivity contribution in [3.8, 4) is 17.2 Å². The van der Waals surface area contributed by atoms with Crippen molar-refractivity contribution in [1.82, 2.24) is 0 Å². The Balaban J connectivity index is 1.71. The minimum atomic E-state index is -1.62. The maximum Gasteiger partial charge on any atom is 0.203 e. The number of hydrogen-bond acceptors (Lipinski definition) is 7. The molecule has 3 atom stereocenters. The molecule has 3 aliphatic rings. The molecule has 8 heteroatoms. The molecule has 0 amide bonds. The summed E-state index contributed by atoms with van der Waals surface area (Å²) in [4.78, 5) is 44.7. The number of benzene rings is 3. The van der Waals surface area contributed by atoms with Gasteiger partial charge < -0.3 is 19.1 Å². The first-order valence-corrected chi connectivity index (χ1v) is 12.9. The summed E-state index contributed by atoms with van der Waals surface area (Å²) < 4.78 is 17.0. The van der Waals surface area contributed by atoms with Crippen molar-refractivity contribution < 1.29 is 28.6 Å². The SMILES string of the molecule is COc1ccc(C2C(C(C)=O)N3c4ccc(Cl)cc4C=CC3C23C(=O)c2ccccc2C3=O)c(OC)c1OC. The van der Waals surface area contributed by atoms with E-state index in [2.05, 4.69) is 0 Å². The van der Waals surface area contributed by atoms with Crippen LogP contribution in [0.3, 0.4) is 0 Å². The molecule has 1 spiro atoms. The van der Waals surface area contributed by atoms with Gasteiger partial charge >= 0.3 is 0 Å². The lowest BCUT2D eigenvalue weighted by Crippen LogP contribution is -2.48. The Kier molecular flexibility index (Phi) is 5.81. The number of hydrogen-bond donors (Lipinski definition) is 0. The highest BCUT2D eigenvalue weighted by Gasteiger charge is 2.71. The summed E-state index contributed by atoms with van der Waals surface area (Å²) in [5, 5.41) is 0.545. The molecular weight excluding hydrogens is 518 g/mol. The first-order valence-electron chi connectivity index (χ1n) is 12.5. The van der Waals surface area contributed by atoms with Crippen LogP contribution in [0.5, 0.6) is 17.2 Å². The molecule has 39 heavy (non-hydrogen) atoms. The zero-order valence-corrected chi connectivity index (χ0v) is 22.6. The molecule has 0 N–H and O–H groups in total. The van der Waals surface area contributed by atoms with E-state index in [0.29, 0.717) is 39.0 Å². The van der Waals surface area contributed by atoms with Gasteiger partial charge in [0.05, 0.1) is 33.4 Å². The molecule has 7 nitrogen and oxygen atoms in total. The van der Waals surface area contributed by atoms with Gasteiger partial charge in [-0.3, -0.25) is 14.4 Å². The fourth-order valence-electron chi connectivity index (χ4n) is 6.81. The summed E-state index contributed by atoms with van der Waals surface area (Å²) in [6.07, 6.45) is 3.72. The first kappa shape index (κ1) is 25.2. The Morgan fingerprint density at radius 1 is 0.897 bits per heavy atom. The minimum Gasteiger partial charge on any atom is -0.493 e. The number of carbonyl (C=O) groups is 3. The molecule has 3 aromatic carbocycles. The van der Waals surface area contributed by atoms with E-state index in [9.17, 15) is 14.4 Å². The highest BCUT2D eigenvalue weighted by molar-refractivity contribution is 6.32. The van der Waals surface area contributed by atoms with Crippen LogP contribution >= 0.6 is 11.6 Å². The molecule has 6 rings (SSSR count). The van der Waals surface area contributed by atoms with Gasteiger partial charge in [-0.05, 0) is 36.8 Å². The number of methoxy groups -OCH3 is 3. The average molecular weight is 544 g/mol. The number of ether oxygens (including phenoxy) is 3. The second-order valence-corrected chi connectivity index (χ2v) is 10.4. The van der Waals surface area contributed by atoms with Crippen molar-refractivity contribution in [2.45, 2.75) is 24.9 Å². The molecule has 1 fully saturated rings. The molecule has 198 valence electrons. The fourth-order valence-corrected chi connectivity index (χ4v) is 6.99. The maximum atomic E-state index is 14.6. The van der Waals surface area contributed by atoms with Gasteiger partial charge in [0.2, 0.25) is 5.75 Å². The molecule has 0 bridgehead atoms. The predicted molar refractivity (Wildman–Crippen MR) is 148 cm³/mol. The largest absolute Gasteiger partial charge is 0.493 e. The van der Waals surface area contributed by atoms with E-state index in [1.807, 2.05) is 29.2 Å². The molecule has 3 unspecified atom stereocenters. The van der Waals surface area contributed by atoms with Gasteiger partial charge in [-0.1, -0.05) is 54.1 Å². The zero-order chi connectivity index (χ0) is 27.6. The Labute approximate surface area is 230 Å². The van der Waals surface area contributed by atoms with E-state index in [1.165, 1.54) is 28.3 Å². The number of rotatable bonds is 5. The highest BCUT2D eigenvalue weighted by atomic mass is 35.5. The lowest BCUT2D eigenvalue weighted by molar-refractivity contribution is -0.118.